The summed E-state index contributed by atoms with van der Waals surface area (Å²) in [5.74, 6) is 0.446. The van der Waals surface area contributed by atoms with Crippen LogP contribution >= 0.6 is 0 Å². The summed E-state index contributed by atoms with van der Waals surface area (Å²) in [5, 5.41) is 0. The van der Waals surface area contributed by atoms with Crippen LogP contribution in [0.4, 0.5) is 0 Å². The van der Waals surface area contributed by atoms with Gasteiger partial charge in [-0.3, -0.25) is 4.79 Å². The summed E-state index contributed by atoms with van der Waals surface area (Å²) in [7, 11) is 1.60. The number of hydrogen-bond acceptors (Lipinski definition) is 4. The third kappa shape index (κ3) is 3.21. The number of hydrogen-bond donors (Lipinski definition) is 0. The Bertz CT molecular complexity index is 275. The van der Waals surface area contributed by atoms with Gasteiger partial charge in [0.05, 0.1) is 6.61 Å². The van der Waals surface area contributed by atoms with E-state index in [4.69, 9.17) is 9.47 Å². The molecular formula is C9H11NO3. The fourth-order valence-electron chi connectivity index (χ4n) is 0.807. The highest BCUT2D eigenvalue weighted by Gasteiger charge is 1.96. The lowest BCUT2D eigenvalue weighted by Crippen LogP contribution is -2.05. The van der Waals surface area contributed by atoms with Crippen LogP contribution in [-0.2, 0) is 4.74 Å². The Balaban J connectivity index is 2.51. The van der Waals surface area contributed by atoms with Gasteiger partial charge in [0.1, 0.15) is 12.9 Å². The van der Waals surface area contributed by atoms with Crippen molar-refractivity contribution in [2.75, 3.05) is 20.3 Å². The van der Waals surface area contributed by atoms with Gasteiger partial charge in [0, 0.05) is 24.9 Å². The van der Waals surface area contributed by atoms with Crippen molar-refractivity contribution in [2.24, 2.45) is 0 Å². The summed E-state index contributed by atoms with van der Waals surface area (Å²) in [4.78, 5) is 14.3. The lowest BCUT2D eigenvalue weighted by Gasteiger charge is -2.03. The van der Waals surface area contributed by atoms with Gasteiger partial charge in [-0.25, -0.2) is 4.98 Å². The van der Waals surface area contributed by atoms with Crippen LogP contribution in [0.2, 0.25) is 0 Å². The predicted octanol–water partition coefficient (Wildman–Crippen LogP) is 0.919. The van der Waals surface area contributed by atoms with Gasteiger partial charge >= 0.3 is 0 Å². The van der Waals surface area contributed by atoms with Crippen molar-refractivity contribution >= 4 is 6.29 Å². The number of nitrogens with zero attached hydrogens (tertiary/aromatic N) is 1. The van der Waals surface area contributed by atoms with Crippen LogP contribution in [0.1, 0.15) is 10.4 Å². The minimum absolute atomic E-state index is 0.436. The van der Waals surface area contributed by atoms with Gasteiger partial charge in [-0.1, -0.05) is 0 Å². The van der Waals surface area contributed by atoms with Crippen LogP contribution in [0.3, 0.4) is 0 Å². The van der Waals surface area contributed by atoms with Crippen molar-refractivity contribution in [3.63, 3.8) is 0 Å². The van der Waals surface area contributed by atoms with Gasteiger partial charge in [-0.05, 0) is 6.07 Å². The first-order chi connectivity index (χ1) is 6.36. The first-order valence-corrected chi connectivity index (χ1v) is 3.90. The van der Waals surface area contributed by atoms with Crippen molar-refractivity contribution in [1.82, 2.24) is 4.98 Å². The molecule has 0 fully saturated rings. The molecule has 0 bridgehead atoms. The molecule has 0 saturated carbocycles. The second-order valence-electron chi connectivity index (χ2n) is 2.39. The third-order valence-electron chi connectivity index (χ3n) is 1.43. The molecule has 4 nitrogen and oxygen atoms in total. The van der Waals surface area contributed by atoms with E-state index in [1.807, 2.05) is 0 Å². The second kappa shape index (κ2) is 5.27. The minimum Gasteiger partial charge on any atom is -0.475 e. The Hall–Kier alpha value is -1.42. The highest BCUT2D eigenvalue weighted by atomic mass is 16.5. The van der Waals surface area contributed by atoms with Gasteiger partial charge in [0.2, 0.25) is 5.88 Å². The molecule has 1 heterocycles. The van der Waals surface area contributed by atoms with Gasteiger partial charge in [0.15, 0.2) is 0 Å². The fraction of sp³-hybridized carbons (Fsp3) is 0.333. The Morgan fingerprint density at radius 3 is 3.08 bits per heavy atom. The quantitative estimate of drug-likeness (QED) is 0.500. The maximum Gasteiger partial charge on any atom is 0.213 e. The first kappa shape index (κ1) is 9.67. The smallest absolute Gasteiger partial charge is 0.213 e. The molecule has 0 amide bonds. The number of ether oxygens (including phenoxy) is 2. The molecule has 0 unspecified atom stereocenters. The van der Waals surface area contributed by atoms with Crippen molar-refractivity contribution in [3.8, 4) is 5.88 Å². The zero-order valence-electron chi connectivity index (χ0n) is 7.40. The van der Waals surface area contributed by atoms with E-state index in [0.717, 1.165) is 6.29 Å². The number of aromatic nitrogens is 1. The van der Waals surface area contributed by atoms with E-state index in [9.17, 15) is 4.79 Å². The van der Waals surface area contributed by atoms with E-state index in [2.05, 4.69) is 4.98 Å². The van der Waals surface area contributed by atoms with Crippen molar-refractivity contribution in [3.05, 3.63) is 23.9 Å². The number of methoxy groups -OCH3 is 1. The zero-order valence-corrected chi connectivity index (χ0v) is 7.40. The lowest BCUT2D eigenvalue weighted by atomic mass is 10.3. The Morgan fingerprint density at radius 2 is 2.38 bits per heavy atom. The van der Waals surface area contributed by atoms with E-state index in [0.29, 0.717) is 24.7 Å². The zero-order chi connectivity index (χ0) is 9.52. The van der Waals surface area contributed by atoms with E-state index in [1.165, 1.54) is 6.20 Å². The Labute approximate surface area is 76.5 Å². The minimum atomic E-state index is 0.436. The molecule has 0 aliphatic heterocycles. The largest absolute Gasteiger partial charge is 0.475 e. The van der Waals surface area contributed by atoms with Crippen LogP contribution in [0.25, 0.3) is 0 Å². The highest BCUT2D eigenvalue weighted by Crippen LogP contribution is 2.06. The molecule has 0 radical (unpaired) electrons. The third-order valence-corrected chi connectivity index (χ3v) is 1.43. The molecule has 0 aliphatic rings. The molecule has 0 spiro atoms. The predicted molar refractivity (Wildman–Crippen MR) is 47.0 cm³/mol. The fourth-order valence-corrected chi connectivity index (χ4v) is 0.807. The van der Waals surface area contributed by atoms with Crippen molar-refractivity contribution in [2.45, 2.75) is 0 Å². The SMILES string of the molecule is COCCOc1cc(C=O)ccn1. The van der Waals surface area contributed by atoms with Gasteiger partial charge in [-0.2, -0.15) is 0 Å². The topological polar surface area (TPSA) is 48.4 Å². The summed E-state index contributed by atoms with van der Waals surface area (Å²) >= 11 is 0. The monoisotopic (exact) mass is 181 g/mol. The Morgan fingerprint density at radius 1 is 1.54 bits per heavy atom. The first-order valence-electron chi connectivity index (χ1n) is 3.90. The molecule has 70 valence electrons. The van der Waals surface area contributed by atoms with E-state index < -0.39 is 0 Å². The summed E-state index contributed by atoms with van der Waals surface area (Å²) < 4.78 is 9.99. The van der Waals surface area contributed by atoms with Crippen LogP contribution < -0.4 is 4.74 Å². The maximum atomic E-state index is 10.4. The molecule has 0 atom stereocenters. The second-order valence-corrected chi connectivity index (χ2v) is 2.39. The number of carbonyl (C=O) groups is 1. The van der Waals surface area contributed by atoms with Crippen LogP contribution in [0.5, 0.6) is 5.88 Å². The molecule has 1 aromatic rings. The number of carbonyl (C=O) groups excluding carboxylic acids is 1. The summed E-state index contributed by atoms with van der Waals surface area (Å²) in [6.07, 6.45) is 2.29. The van der Waals surface area contributed by atoms with Crippen LogP contribution in [-0.4, -0.2) is 31.6 Å². The molecule has 1 aromatic heterocycles. The van der Waals surface area contributed by atoms with Crippen molar-refractivity contribution in [1.29, 1.82) is 0 Å². The summed E-state index contributed by atoms with van der Waals surface area (Å²) in [5.41, 5.74) is 0.558. The van der Waals surface area contributed by atoms with Crippen LogP contribution in [0.15, 0.2) is 18.3 Å². The van der Waals surface area contributed by atoms with Crippen molar-refractivity contribution < 1.29 is 14.3 Å². The Kier molecular flexibility index (Phi) is 3.92. The molecule has 0 aromatic carbocycles. The molecule has 0 N–H and O–H groups in total. The van der Waals surface area contributed by atoms with Gasteiger partial charge in [0.25, 0.3) is 0 Å². The molecule has 13 heavy (non-hydrogen) atoms. The summed E-state index contributed by atoms with van der Waals surface area (Å²) in [6, 6.07) is 3.21. The average molecular weight is 181 g/mol. The van der Waals surface area contributed by atoms with Crippen LogP contribution in [0, 0.1) is 0 Å². The molecule has 0 aliphatic carbocycles. The molecular weight excluding hydrogens is 170 g/mol. The van der Waals surface area contributed by atoms with Gasteiger partial charge < -0.3 is 9.47 Å². The molecule has 4 heteroatoms. The standard InChI is InChI=1S/C9H11NO3/c1-12-4-5-13-9-6-8(7-11)2-3-10-9/h2-3,6-7H,4-5H2,1H3. The number of pyridine rings is 1. The van der Waals surface area contributed by atoms with E-state index in [-0.39, 0.29) is 0 Å². The average Bonchev–Trinajstić information content (AvgIpc) is 2.19. The van der Waals surface area contributed by atoms with E-state index in [1.54, 1.807) is 19.2 Å². The number of aldehydes is 1. The summed E-state index contributed by atoms with van der Waals surface area (Å²) in [6.45, 7) is 0.943. The van der Waals surface area contributed by atoms with E-state index >= 15 is 0 Å². The van der Waals surface area contributed by atoms with Gasteiger partial charge in [-0.15, -0.1) is 0 Å². The maximum absolute atomic E-state index is 10.4. The molecule has 1 rings (SSSR count). The highest BCUT2D eigenvalue weighted by molar-refractivity contribution is 5.74. The lowest BCUT2D eigenvalue weighted by molar-refractivity contribution is 0.112. The normalized spacial score (nSPS) is 9.62. The molecule has 0 saturated heterocycles. The number of rotatable bonds is 5.